The molecule has 0 saturated heterocycles. The summed E-state index contributed by atoms with van der Waals surface area (Å²) in [6.07, 6.45) is 1.33. The van der Waals surface area contributed by atoms with E-state index >= 15 is 0 Å². The van der Waals surface area contributed by atoms with Gasteiger partial charge in [0.15, 0.2) is 0 Å². The topological polar surface area (TPSA) is 66.5 Å². The third-order valence-corrected chi connectivity index (χ3v) is 7.00. The molecule has 0 radical (unpaired) electrons. The van der Waals surface area contributed by atoms with Crippen LogP contribution in [0.15, 0.2) is 42.5 Å². The number of rotatable bonds is 10. The molecule has 1 amide bonds. The minimum absolute atomic E-state index is 0.281. The van der Waals surface area contributed by atoms with Gasteiger partial charge in [-0.05, 0) is 36.8 Å². The highest BCUT2D eigenvalue weighted by Gasteiger charge is 2.31. The van der Waals surface area contributed by atoms with Crippen LogP contribution in [0.5, 0.6) is 0 Å². The normalized spacial score (nSPS) is 12.4. The Balaban J connectivity index is 1.99. The summed E-state index contributed by atoms with van der Waals surface area (Å²) in [6, 6.07) is 9.98. The maximum Gasteiger partial charge on any atom is 0.243 e. The Bertz CT molecular complexity index is 970. The van der Waals surface area contributed by atoms with Crippen LogP contribution in [0.4, 0.5) is 10.1 Å². The van der Waals surface area contributed by atoms with Gasteiger partial charge < -0.3 is 5.32 Å². The van der Waals surface area contributed by atoms with Crippen LogP contribution in [-0.2, 0) is 20.6 Å². The summed E-state index contributed by atoms with van der Waals surface area (Å²) in [7, 11) is -3.72. The monoisotopic (exact) mass is 492 g/mol. The number of anilines is 1. The molecule has 0 bridgehead atoms. The molecule has 5 nitrogen and oxygen atoms in total. The van der Waals surface area contributed by atoms with Gasteiger partial charge in [0.2, 0.25) is 15.9 Å². The average molecular weight is 493 g/mol. The van der Waals surface area contributed by atoms with E-state index in [9.17, 15) is 17.6 Å². The second-order valence-corrected chi connectivity index (χ2v) is 10.3. The van der Waals surface area contributed by atoms with E-state index in [1.165, 1.54) is 23.9 Å². The number of nitrogens with one attached hydrogen (secondary N) is 1. The second kappa shape index (κ2) is 11.2. The zero-order valence-corrected chi connectivity index (χ0v) is 19.7. The summed E-state index contributed by atoms with van der Waals surface area (Å²) >= 11 is 13.4. The number of sulfonamides is 1. The van der Waals surface area contributed by atoms with Crippen LogP contribution in [-0.4, -0.2) is 38.9 Å². The predicted molar refractivity (Wildman–Crippen MR) is 123 cm³/mol. The fourth-order valence-electron chi connectivity index (χ4n) is 2.88. The molecule has 0 aliphatic heterocycles. The van der Waals surface area contributed by atoms with Crippen LogP contribution in [0.25, 0.3) is 0 Å². The SMILES string of the molecule is CCC(C(=O)NCCSCc1c(F)cccc1Cl)N(c1cccc(Cl)c1)S(C)(=O)=O. The quantitative estimate of drug-likeness (QED) is 0.487. The lowest BCUT2D eigenvalue weighted by molar-refractivity contribution is -0.122. The van der Waals surface area contributed by atoms with Crippen molar-refractivity contribution in [3.05, 3.63) is 63.9 Å². The Labute approximate surface area is 191 Å². The predicted octanol–water partition coefficient (Wildman–Crippen LogP) is 4.73. The van der Waals surface area contributed by atoms with Gasteiger partial charge >= 0.3 is 0 Å². The molecule has 2 aromatic carbocycles. The van der Waals surface area contributed by atoms with Gasteiger partial charge in [-0.3, -0.25) is 9.10 Å². The van der Waals surface area contributed by atoms with Crippen LogP contribution >= 0.6 is 35.0 Å². The zero-order chi connectivity index (χ0) is 22.3. The zero-order valence-electron chi connectivity index (χ0n) is 16.6. The van der Waals surface area contributed by atoms with Crippen molar-refractivity contribution < 1.29 is 17.6 Å². The molecule has 1 unspecified atom stereocenters. The summed E-state index contributed by atoms with van der Waals surface area (Å²) in [5.41, 5.74) is 0.752. The number of amides is 1. The summed E-state index contributed by atoms with van der Waals surface area (Å²) in [6.45, 7) is 2.04. The van der Waals surface area contributed by atoms with Crippen molar-refractivity contribution in [1.82, 2.24) is 5.32 Å². The first-order valence-electron chi connectivity index (χ1n) is 9.18. The number of hydrogen-bond acceptors (Lipinski definition) is 4. The van der Waals surface area contributed by atoms with E-state index in [4.69, 9.17) is 23.2 Å². The van der Waals surface area contributed by atoms with Gasteiger partial charge in [-0.1, -0.05) is 42.3 Å². The van der Waals surface area contributed by atoms with Gasteiger partial charge in [-0.2, -0.15) is 11.8 Å². The van der Waals surface area contributed by atoms with Crippen LogP contribution in [0, 0.1) is 5.82 Å². The molecule has 0 aromatic heterocycles. The van der Waals surface area contributed by atoms with Gasteiger partial charge in [0.25, 0.3) is 0 Å². The number of thioether (sulfide) groups is 1. The van der Waals surface area contributed by atoms with Gasteiger partial charge in [0.05, 0.1) is 11.9 Å². The summed E-state index contributed by atoms with van der Waals surface area (Å²) in [4.78, 5) is 12.7. The largest absolute Gasteiger partial charge is 0.353 e. The third-order valence-electron chi connectivity index (χ3n) is 4.25. The first-order chi connectivity index (χ1) is 14.1. The highest BCUT2D eigenvalue weighted by molar-refractivity contribution is 7.98. The van der Waals surface area contributed by atoms with E-state index < -0.39 is 22.0 Å². The van der Waals surface area contributed by atoms with E-state index in [1.54, 1.807) is 37.3 Å². The molecule has 30 heavy (non-hydrogen) atoms. The molecule has 10 heteroatoms. The molecule has 0 aliphatic carbocycles. The van der Waals surface area contributed by atoms with Crippen molar-refractivity contribution in [2.45, 2.75) is 25.1 Å². The minimum atomic E-state index is -3.72. The van der Waals surface area contributed by atoms with E-state index in [0.29, 0.717) is 39.3 Å². The molecular formula is C20H23Cl2FN2O3S2. The van der Waals surface area contributed by atoms with Gasteiger partial charge in [-0.25, -0.2) is 12.8 Å². The maximum atomic E-state index is 13.8. The maximum absolute atomic E-state index is 13.8. The molecule has 0 saturated carbocycles. The highest BCUT2D eigenvalue weighted by Crippen LogP contribution is 2.26. The van der Waals surface area contributed by atoms with Crippen molar-refractivity contribution in [2.24, 2.45) is 0 Å². The Morgan fingerprint density at radius 3 is 2.53 bits per heavy atom. The molecule has 1 N–H and O–H groups in total. The van der Waals surface area contributed by atoms with Crippen molar-refractivity contribution in [3.8, 4) is 0 Å². The third kappa shape index (κ3) is 6.77. The highest BCUT2D eigenvalue weighted by atomic mass is 35.5. The van der Waals surface area contributed by atoms with E-state index in [-0.39, 0.29) is 12.2 Å². The molecule has 0 spiro atoms. The van der Waals surface area contributed by atoms with Crippen molar-refractivity contribution >= 4 is 56.6 Å². The number of carbonyl (C=O) groups is 1. The lowest BCUT2D eigenvalue weighted by Gasteiger charge is -2.30. The van der Waals surface area contributed by atoms with Gasteiger partial charge in [-0.15, -0.1) is 0 Å². The van der Waals surface area contributed by atoms with E-state index in [2.05, 4.69) is 5.32 Å². The summed E-state index contributed by atoms with van der Waals surface area (Å²) < 4.78 is 39.7. The van der Waals surface area contributed by atoms with E-state index in [1.807, 2.05) is 0 Å². The first-order valence-corrected chi connectivity index (χ1v) is 12.9. The molecule has 0 fully saturated rings. The molecular weight excluding hydrogens is 470 g/mol. The molecule has 0 heterocycles. The fraction of sp³-hybridized carbons (Fsp3) is 0.350. The number of nitrogens with zero attached hydrogens (tertiary/aromatic N) is 1. The standard InChI is InChI=1S/C20H23Cl2FN2O3S2/c1-3-19(25(30(2,27)28)15-7-4-6-14(21)12-15)20(26)24-10-11-29-13-16-17(22)8-5-9-18(16)23/h4-9,12,19H,3,10-11,13H2,1-2H3,(H,24,26). The fourth-order valence-corrected chi connectivity index (χ4v) is 5.47. The molecule has 1 atom stereocenters. The van der Waals surface area contributed by atoms with Crippen LogP contribution in [0.3, 0.4) is 0 Å². The van der Waals surface area contributed by atoms with Crippen LogP contribution < -0.4 is 9.62 Å². The lowest BCUT2D eigenvalue weighted by atomic mass is 10.2. The van der Waals surface area contributed by atoms with Crippen molar-refractivity contribution in [1.29, 1.82) is 0 Å². The van der Waals surface area contributed by atoms with Crippen molar-refractivity contribution in [3.63, 3.8) is 0 Å². The number of carbonyl (C=O) groups excluding carboxylic acids is 1. The summed E-state index contributed by atoms with van der Waals surface area (Å²) in [5, 5.41) is 3.50. The second-order valence-electron chi connectivity index (χ2n) is 6.51. The van der Waals surface area contributed by atoms with Crippen LogP contribution in [0.2, 0.25) is 10.0 Å². The average Bonchev–Trinajstić information content (AvgIpc) is 2.66. The minimum Gasteiger partial charge on any atom is -0.353 e. The smallest absolute Gasteiger partial charge is 0.243 e. The molecule has 2 rings (SSSR count). The molecule has 164 valence electrons. The van der Waals surface area contributed by atoms with Gasteiger partial charge in [0.1, 0.15) is 11.9 Å². The van der Waals surface area contributed by atoms with Crippen LogP contribution in [0.1, 0.15) is 18.9 Å². The Hall–Kier alpha value is -1.48. The Morgan fingerprint density at radius 1 is 1.23 bits per heavy atom. The van der Waals surface area contributed by atoms with Crippen molar-refractivity contribution in [2.75, 3.05) is 22.9 Å². The lowest BCUT2D eigenvalue weighted by Crippen LogP contribution is -2.49. The summed E-state index contributed by atoms with van der Waals surface area (Å²) in [5.74, 6) is 0.113. The number of hydrogen-bond donors (Lipinski definition) is 1. The Kier molecular flexibility index (Phi) is 9.28. The Morgan fingerprint density at radius 2 is 1.93 bits per heavy atom. The molecule has 0 aliphatic rings. The molecule has 2 aromatic rings. The van der Waals surface area contributed by atoms with Gasteiger partial charge in [0, 0.05) is 33.7 Å². The first kappa shape index (κ1) is 24.8. The number of benzene rings is 2. The number of halogens is 3. The van der Waals surface area contributed by atoms with E-state index in [0.717, 1.165) is 10.6 Å².